The van der Waals surface area contributed by atoms with Gasteiger partial charge in [0.15, 0.2) is 4.91 Å². The predicted molar refractivity (Wildman–Crippen MR) is 118 cm³/mol. The molecule has 3 aromatic carbocycles. The zero-order chi connectivity index (χ0) is 21.4. The number of methoxy groups -OCH3 is 1. The van der Waals surface area contributed by atoms with Crippen molar-refractivity contribution in [1.82, 2.24) is 0 Å². The Morgan fingerprint density at radius 3 is 1.73 bits per heavy atom. The topological polar surface area (TPSA) is 63.7 Å². The number of ether oxygens (including phenoxy) is 1. The van der Waals surface area contributed by atoms with E-state index in [9.17, 15) is 13.2 Å². The molecule has 0 saturated heterocycles. The Balaban J connectivity index is 2.02. The molecule has 0 atom stereocenters. The van der Waals surface area contributed by atoms with Gasteiger partial charge >= 0.3 is 5.97 Å². The van der Waals surface area contributed by atoms with Crippen LogP contribution in [-0.2, 0) is 19.4 Å². The highest BCUT2D eigenvalue weighted by atomic mass is 32.2. The van der Waals surface area contributed by atoms with Crippen molar-refractivity contribution in [2.24, 2.45) is 0 Å². The van der Waals surface area contributed by atoms with Gasteiger partial charge in [-0.05, 0) is 48.6 Å². The molecule has 3 aromatic rings. The molecule has 5 nitrogen and oxygen atoms in total. The maximum absolute atomic E-state index is 12.9. The molecule has 0 N–H and O–H groups in total. The summed E-state index contributed by atoms with van der Waals surface area (Å²) in [7, 11) is -2.87. The Morgan fingerprint density at radius 2 is 1.27 bits per heavy atom. The summed E-state index contributed by atoms with van der Waals surface area (Å²) in [6, 6.07) is 27.0. The normalized spacial score (nSPS) is 12.0. The highest BCUT2D eigenvalue weighted by molar-refractivity contribution is 7.96. The number of benzene rings is 3. The average Bonchev–Trinajstić information content (AvgIpc) is 2.80. The fourth-order valence-electron chi connectivity index (χ4n) is 2.81. The molecule has 30 heavy (non-hydrogen) atoms. The van der Waals surface area contributed by atoms with Crippen molar-refractivity contribution in [3.05, 3.63) is 114 Å². The molecule has 0 saturated carbocycles. The third-order valence-corrected chi connectivity index (χ3v) is 6.06. The van der Waals surface area contributed by atoms with Gasteiger partial charge in [-0.15, -0.1) is 0 Å². The molecule has 0 radical (unpaired) electrons. The van der Waals surface area contributed by atoms with Gasteiger partial charge in [-0.25, -0.2) is 13.2 Å². The number of allylic oxidation sites excluding steroid dienone is 2. The molecular weight excluding hydrogens is 398 g/mol. The Hall–Kier alpha value is -3.64. The monoisotopic (exact) mass is 419 g/mol. The summed E-state index contributed by atoms with van der Waals surface area (Å²) in [5.41, 5.74) is 1.78. The van der Waals surface area contributed by atoms with E-state index in [1.54, 1.807) is 24.4 Å². The fraction of sp³-hybridized carbons (Fsp3) is 0.0417. The minimum Gasteiger partial charge on any atom is -0.465 e. The second-order valence-corrected chi connectivity index (χ2v) is 8.14. The molecule has 0 aliphatic carbocycles. The molecular formula is C24H21NO4S. The van der Waals surface area contributed by atoms with Crippen LogP contribution in [0.25, 0.3) is 0 Å². The van der Waals surface area contributed by atoms with Gasteiger partial charge in [0.2, 0.25) is 9.84 Å². The smallest absolute Gasteiger partial charge is 0.349 e. The van der Waals surface area contributed by atoms with Gasteiger partial charge < -0.3 is 9.64 Å². The molecule has 0 bridgehead atoms. The van der Waals surface area contributed by atoms with E-state index in [-0.39, 0.29) is 4.90 Å². The number of esters is 1. The second-order valence-electron chi connectivity index (χ2n) is 6.22. The van der Waals surface area contributed by atoms with Crippen molar-refractivity contribution in [2.75, 3.05) is 12.0 Å². The second kappa shape index (κ2) is 9.71. The lowest BCUT2D eigenvalue weighted by molar-refractivity contribution is -0.135. The summed E-state index contributed by atoms with van der Waals surface area (Å²) in [5.74, 6) is -0.922. The lowest BCUT2D eigenvalue weighted by Gasteiger charge is -2.20. The van der Waals surface area contributed by atoms with Gasteiger partial charge in [0.05, 0.1) is 12.0 Å². The largest absolute Gasteiger partial charge is 0.465 e. The first-order valence-corrected chi connectivity index (χ1v) is 10.7. The van der Waals surface area contributed by atoms with Gasteiger partial charge in [-0.2, -0.15) is 0 Å². The molecule has 0 aliphatic heterocycles. The lowest BCUT2D eigenvalue weighted by atomic mass is 10.2. The highest BCUT2D eigenvalue weighted by Gasteiger charge is 2.27. The lowest BCUT2D eigenvalue weighted by Crippen LogP contribution is -2.15. The minimum absolute atomic E-state index is 0.0259. The molecule has 3 rings (SSSR count). The number of hydrogen-bond donors (Lipinski definition) is 0. The zero-order valence-corrected chi connectivity index (χ0v) is 17.2. The number of anilines is 2. The van der Waals surface area contributed by atoms with E-state index >= 15 is 0 Å². The molecule has 0 heterocycles. The van der Waals surface area contributed by atoms with Crippen molar-refractivity contribution in [3.8, 4) is 0 Å². The van der Waals surface area contributed by atoms with Crippen LogP contribution in [0.2, 0.25) is 0 Å². The number of carbonyl (C=O) groups is 1. The molecule has 0 fully saturated rings. The number of rotatable bonds is 7. The minimum atomic E-state index is -4.02. The summed E-state index contributed by atoms with van der Waals surface area (Å²) in [6.07, 6.45) is 4.48. The van der Waals surface area contributed by atoms with Crippen LogP contribution in [-0.4, -0.2) is 21.5 Å². The molecule has 0 spiro atoms. The Kier molecular flexibility index (Phi) is 6.83. The molecule has 0 unspecified atom stereocenters. The Labute approximate surface area is 176 Å². The van der Waals surface area contributed by atoms with Crippen LogP contribution < -0.4 is 4.90 Å². The van der Waals surface area contributed by atoms with Crippen molar-refractivity contribution < 1.29 is 17.9 Å². The molecule has 152 valence electrons. The summed E-state index contributed by atoms with van der Waals surface area (Å²) in [6.45, 7) is 0. The molecule has 0 aromatic heterocycles. The van der Waals surface area contributed by atoms with E-state index in [0.717, 1.165) is 18.5 Å². The van der Waals surface area contributed by atoms with Crippen LogP contribution in [0.5, 0.6) is 0 Å². The number of nitrogens with zero attached hydrogens (tertiary/aromatic N) is 1. The standard InChI is InChI=1S/C24H21NO4S/c1-29-24(26)23(30(27,28)22-16-9-4-10-17-22)18-11-19-25(20-12-5-2-6-13-20)21-14-7-3-8-15-21/h2-19H,1H3/b19-11+,23-18-. The summed E-state index contributed by atoms with van der Waals surface area (Å²) in [4.78, 5) is 13.7. The molecule has 0 amide bonds. The third kappa shape index (κ3) is 4.85. The van der Waals surface area contributed by atoms with Crippen molar-refractivity contribution in [1.29, 1.82) is 0 Å². The van der Waals surface area contributed by atoms with E-state index in [4.69, 9.17) is 4.74 Å². The summed E-state index contributed by atoms with van der Waals surface area (Å²) >= 11 is 0. The molecule has 6 heteroatoms. The third-order valence-electron chi connectivity index (χ3n) is 4.28. The average molecular weight is 420 g/mol. The first kappa shape index (κ1) is 21.1. The quantitative estimate of drug-likeness (QED) is 0.311. The van der Waals surface area contributed by atoms with E-state index in [2.05, 4.69) is 0 Å². The van der Waals surface area contributed by atoms with Gasteiger partial charge in [0.1, 0.15) is 0 Å². The van der Waals surface area contributed by atoms with E-state index in [0.29, 0.717) is 0 Å². The van der Waals surface area contributed by atoms with Crippen LogP contribution in [0.4, 0.5) is 11.4 Å². The van der Waals surface area contributed by atoms with Crippen LogP contribution in [0.15, 0.2) is 119 Å². The summed E-state index contributed by atoms with van der Waals surface area (Å²) in [5, 5.41) is 0. The Bertz CT molecular complexity index is 1100. The van der Waals surface area contributed by atoms with Crippen molar-refractivity contribution in [2.45, 2.75) is 4.90 Å². The van der Waals surface area contributed by atoms with Gasteiger partial charge in [-0.1, -0.05) is 54.6 Å². The van der Waals surface area contributed by atoms with Gasteiger partial charge in [-0.3, -0.25) is 0 Å². The maximum atomic E-state index is 12.9. The number of para-hydroxylation sites is 2. The Morgan fingerprint density at radius 1 is 0.800 bits per heavy atom. The van der Waals surface area contributed by atoms with Gasteiger partial charge in [0, 0.05) is 17.6 Å². The van der Waals surface area contributed by atoms with Gasteiger partial charge in [0.25, 0.3) is 0 Å². The van der Waals surface area contributed by atoms with Crippen LogP contribution in [0, 0.1) is 0 Å². The fourth-order valence-corrected chi connectivity index (χ4v) is 4.14. The van der Waals surface area contributed by atoms with E-state index in [1.165, 1.54) is 24.3 Å². The van der Waals surface area contributed by atoms with Crippen molar-refractivity contribution in [3.63, 3.8) is 0 Å². The van der Waals surface area contributed by atoms with E-state index < -0.39 is 20.7 Å². The first-order chi connectivity index (χ1) is 14.5. The number of hydrogen-bond acceptors (Lipinski definition) is 5. The predicted octanol–water partition coefficient (Wildman–Crippen LogP) is 4.87. The summed E-state index contributed by atoms with van der Waals surface area (Å²) < 4.78 is 30.6. The SMILES string of the molecule is COC(=O)/C(=C/C=C/N(c1ccccc1)c1ccccc1)S(=O)(=O)c1ccccc1. The zero-order valence-electron chi connectivity index (χ0n) is 16.4. The number of carbonyl (C=O) groups excluding carboxylic acids is 1. The van der Waals surface area contributed by atoms with E-state index in [1.807, 2.05) is 65.6 Å². The van der Waals surface area contributed by atoms with Crippen LogP contribution in [0.1, 0.15) is 0 Å². The maximum Gasteiger partial charge on any atom is 0.349 e. The molecule has 0 aliphatic rings. The number of sulfone groups is 1. The van der Waals surface area contributed by atoms with Crippen LogP contribution in [0.3, 0.4) is 0 Å². The first-order valence-electron chi connectivity index (χ1n) is 9.20. The van der Waals surface area contributed by atoms with Crippen molar-refractivity contribution >= 4 is 27.2 Å². The highest BCUT2D eigenvalue weighted by Crippen LogP contribution is 2.26. The van der Waals surface area contributed by atoms with Crippen LogP contribution >= 0.6 is 0 Å².